The van der Waals surface area contributed by atoms with E-state index in [-0.39, 0.29) is 11.9 Å². The topological polar surface area (TPSA) is 53.6 Å². The maximum atomic E-state index is 13.9. The minimum Gasteiger partial charge on any atom is -0.338 e. The lowest BCUT2D eigenvalue weighted by molar-refractivity contribution is 0.366. The van der Waals surface area contributed by atoms with Crippen LogP contribution in [0.3, 0.4) is 0 Å². The van der Waals surface area contributed by atoms with Crippen LogP contribution in [0.15, 0.2) is 29.3 Å². The monoisotopic (exact) mass is 292 g/mol. The summed E-state index contributed by atoms with van der Waals surface area (Å²) >= 11 is 0. The van der Waals surface area contributed by atoms with Crippen molar-refractivity contribution in [3.63, 3.8) is 0 Å². The van der Waals surface area contributed by atoms with Crippen LogP contribution < -0.4 is 11.3 Å². The Balaban J connectivity index is 2.13. The summed E-state index contributed by atoms with van der Waals surface area (Å²) in [6.45, 7) is 1.95. The lowest BCUT2D eigenvalue weighted by Gasteiger charge is -2.29. The third kappa shape index (κ3) is 3.94. The summed E-state index contributed by atoms with van der Waals surface area (Å²) in [6.07, 6.45) is 5.94. The fourth-order valence-corrected chi connectivity index (χ4v) is 2.82. The van der Waals surface area contributed by atoms with Crippen LogP contribution in [-0.4, -0.2) is 23.9 Å². The number of nitrogens with zero attached hydrogens (tertiary/aromatic N) is 2. The zero-order valence-corrected chi connectivity index (χ0v) is 12.8. The van der Waals surface area contributed by atoms with Crippen molar-refractivity contribution in [2.24, 2.45) is 10.8 Å². The summed E-state index contributed by atoms with van der Waals surface area (Å²) < 4.78 is 13.9. The van der Waals surface area contributed by atoms with E-state index in [1.54, 1.807) is 12.1 Å². The molecule has 0 aliphatic heterocycles. The molecule has 1 aliphatic carbocycles. The molecule has 1 fully saturated rings. The molecule has 0 aromatic heterocycles. The average Bonchev–Trinajstić information content (AvgIpc) is 2.53. The van der Waals surface area contributed by atoms with E-state index in [0.717, 1.165) is 12.8 Å². The van der Waals surface area contributed by atoms with Crippen molar-refractivity contribution >= 4 is 5.96 Å². The third-order valence-corrected chi connectivity index (χ3v) is 4.28. The molecule has 5 heteroatoms. The number of guanidine groups is 1. The highest BCUT2D eigenvalue weighted by Crippen LogP contribution is 2.23. The van der Waals surface area contributed by atoms with Crippen LogP contribution in [0.5, 0.6) is 0 Å². The lowest BCUT2D eigenvalue weighted by Crippen LogP contribution is -2.44. The van der Waals surface area contributed by atoms with Gasteiger partial charge in [-0.25, -0.2) is 15.2 Å². The van der Waals surface area contributed by atoms with Crippen molar-refractivity contribution in [2.75, 3.05) is 7.05 Å². The highest BCUT2D eigenvalue weighted by atomic mass is 19.1. The molecular weight excluding hydrogens is 267 g/mol. The van der Waals surface area contributed by atoms with Gasteiger partial charge in [0.1, 0.15) is 5.82 Å². The summed E-state index contributed by atoms with van der Waals surface area (Å²) in [5, 5.41) is 0. The molecule has 0 heterocycles. The normalized spacial score (nSPS) is 18.4. The predicted octanol–water partition coefficient (Wildman–Crippen LogP) is 2.97. The minimum absolute atomic E-state index is 0.135. The molecular formula is C16H25FN4. The van der Waals surface area contributed by atoms with Gasteiger partial charge in [-0.2, -0.15) is 0 Å². The SMILES string of the molecule is CC(c1ccccc1F)N(C)C(=NC1CCCCC1)NN. The Hall–Kier alpha value is -1.62. The van der Waals surface area contributed by atoms with Crippen molar-refractivity contribution in [2.45, 2.75) is 51.1 Å². The summed E-state index contributed by atoms with van der Waals surface area (Å²) in [4.78, 5) is 6.61. The van der Waals surface area contributed by atoms with E-state index in [4.69, 9.17) is 10.8 Å². The highest BCUT2D eigenvalue weighted by molar-refractivity contribution is 5.79. The van der Waals surface area contributed by atoms with Crippen LogP contribution in [0.4, 0.5) is 4.39 Å². The zero-order valence-electron chi connectivity index (χ0n) is 12.8. The quantitative estimate of drug-likeness (QED) is 0.390. The predicted molar refractivity (Wildman–Crippen MR) is 84.2 cm³/mol. The summed E-state index contributed by atoms with van der Waals surface area (Å²) in [7, 11) is 1.89. The van der Waals surface area contributed by atoms with Crippen LogP contribution in [0.2, 0.25) is 0 Å². The van der Waals surface area contributed by atoms with Crippen LogP contribution >= 0.6 is 0 Å². The molecule has 1 aliphatic rings. The number of benzene rings is 1. The second-order valence-corrected chi connectivity index (χ2v) is 5.70. The van der Waals surface area contributed by atoms with E-state index in [9.17, 15) is 4.39 Å². The van der Waals surface area contributed by atoms with Gasteiger partial charge in [0.2, 0.25) is 5.96 Å². The van der Waals surface area contributed by atoms with E-state index in [1.165, 1.54) is 25.3 Å². The zero-order chi connectivity index (χ0) is 15.2. The fraction of sp³-hybridized carbons (Fsp3) is 0.562. The molecule has 2 rings (SSSR count). The summed E-state index contributed by atoms with van der Waals surface area (Å²) in [5.74, 6) is 6.05. The van der Waals surface area contributed by atoms with E-state index in [1.807, 2.05) is 24.9 Å². The van der Waals surface area contributed by atoms with Gasteiger partial charge in [-0.15, -0.1) is 0 Å². The van der Waals surface area contributed by atoms with Gasteiger partial charge in [0.15, 0.2) is 0 Å². The van der Waals surface area contributed by atoms with Gasteiger partial charge in [-0.05, 0) is 25.8 Å². The Morgan fingerprint density at radius 2 is 2.00 bits per heavy atom. The molecule has 1 aromatic rings. The van der Waals surface area contributed by atoms with Gasteiger partial charge in [0.25, 0.3) is 0 Å². The van der Waals surface area contributed by atoms with Crippen molar-refractivity contribution in [1.29, 1.82) is 0 Å². The average molecular weight is 292 g/mol. The number of halogens is 1. The maximum absolute atomic E-state index is 13.9. The fourth-order valence-electron chi connectivity index (χ4n) is 2.82. The smallest absolute Gasteiger partial charge is 0.208 e. The standard InChI is InChI=1S/C16H25FN4/c1-12(14-10-6-7-11-15(14)17)21(2)16(20-18)19-13-8-4-3-5-9-13/h6-7,10-13H,3-5,8-9,18H2,1-2H3,(H,19,20). The van der Waals surface area contributed by atoms with Gasteiger partial charge in [-0.3, -0.25) is 5.43 Å². The van der Waals surface area contributed by atoms with Gasteiger partial charge in [0.05, 0.1) is 12.1 Å². The molecule has 21 heavy (non-hydrogen) atoms. The maximum Gasteiger partial charge on any atom is 0.208 e. The Morgan fingerprint density at radius 3 is 2.62 bits per heavy atom. The van der Waals surface area contributed by atoms with Gasteiger partial charge in [-0.1, -0.05) is 37.5 Å². The molecule has 3 N–H and O–H groups in total. The van der Waals surface area contributed by atoms with Crippen molar-refractivity contribution in [3.8, 4) is 0 Å². The molecule has 0 bridgehead atoms. The highest BCUT2D eigenvalue weighted by Gasteiger charge is 2.20. The van der Waals surface area contributed by atoms with Crippen molar-refractivity contribution in [3.05, 3.63) is 35.6 Å². The van der Waals surface area contributed by atoms with Gasteiger partial charge in [0, 0.05) is 12.6 Å². The molecule has 0 amide bonds. The molecule has 1 saturated carbocycles. The number of nitrogens with two attached hydrogens (primary N) is 1. The second kappa shape index (κ2) is 7.41. The minimum atomic E-state index is -0.203. The first-order valence-electron chi connectivity index (χ1n) is 7.65. The summed E-state index contributed by atoms with van der Waals surface area (Å²) in [6, 6.07) is 7.00. The molecule has 116 valence electrons. The Morgan fingerprint density at radius 1 is 1.33 bits per heavy atom. The Labute approximate surface area is 126 Å². The number of hydrogen-bond acceptors (Lipinski definition) is 2. The Bertz CT molecular complexity index is 483. The molecule has 4 nitrogen and oxygen atoms in total. The van der Waals surface area contributed by atoms with E-state index in [2.05, 4.69) is 5.43 Å². The van der Waals surface area contributed by atoms with Crippen molar-refractivity contribution in [1.82, 2.24) is 10.3 Å². The number of nitrogens with one attached hydrogen (secondary N) is 1. The molecule has 1 atom stereocenters. The third-order valence-electron chi connectivity index (χ3n) is 4.28. The number of rotatable bonds is 3. The van der Waals surface area contributed by atoms with E-state index >= 15 is 0 Å². The Kier molecular flexibility index (Phi) is 5.56. The first-order valence-corrected chi connectivity index (χ1v) is 7.65. The van der Waals surface area contributed by atoms with E-state index < -0.39 is 0 Å². The second-order valence-electron chi connectivity index (χ2n) is 5.70. The molecule has 0 saturated heterocycles. The molecule has 0 spiro atoms. The number of hydrazine groups is 1. The summed E-state index contributed by atoms with van der Waals surface area (Å²) in [5.41, 5.74) is 3.32. The lowest BCUT2D eigenvalue weighted by atomic mass is 9.96. The van der Waals surface area contributed by atoms with Crippen LogP contribution in [0, 0.1) is 5.82 Å². The van der Waals surface area contributed by atoms with Gasteiger partial charge >= 0.3 is 0 Å². The van der Waals surface area contributed by atoms with E-state index in [0.29, 0.717) is 17.6 Å². The van der Waals surface area contributed by atoms with Crippen molar-refractivity contribution < 1.29 is 4.39 Å². The van der Waals surface area contributed by atoms with Crippen LogP contribution in [-0.2, 0) is 0 Å². The first-order chi connectivity index (χ1) is 10.1. The van der Waals surface area contributed by atoms with Gasteiger partial charge < -0.3 is 4.90 Å². The van der Waals surface area contributed by atoms with Crippen LogP contribution in [0.25, 0.3) is 0 Å². The number of hydrogen-bond donors (Lipinski definition) is 2. The van der Waals surface area contributed by atoms with Crippen LogP contribution in [0.1, 0.15) is 50.6 Å². The molecule has 1 aromatic carbocycles. The first kappa shape index (κ1) is 15.8. The molecule has 0 radical (unpaired) electrons. The number of aliphatic imine (C=N–C) groups is 1. The molecule has 1 unspecified atom stereocenters. The largest absolute Gasteiger partial charge is 0.338 e.